The van der Waals surface area contributed by atoms with Gasteiger partial charge in [-0.25, -0.2) is 12.7 Å². The molecule has 1 unspecified atom stereocenters. The Morgan fingerprint density at radius 3 is 2.65 bits per heavy atom. The lowest BCUT2D eigenvalue weighted by Crippen LogP contribution is -2.39. The van der Waals surface area contributed by atoms with Gasteiger partial charge < -0.3 is 10.8 Å². The molecule has 1 atom stereocenters. The lowest BCUT2D eigenvalue weighted by Gasteiger charge is -2.17. The number of hydrogen-bond acceptors (Lipinski definition) is 7. The van der Waals surface area contributed by atoms with Gasteiger partial charge in [0.2, 0.25) is 0 Å². The zero-order valence-electron chi connectivity index (χ0n) is 10.1. The van der Waals surface area contributed by atoms with E-state index in [1.54, 1.807) is 0 Å². The molecule has 0 aromatic heterocycles. The first-order chi connectivity index (χ1) is 9.28. The van der Waals surface area contributed by atoms with Crippen LogP contribution in [0.2, 0.25) is 0 Å². The third-order valence-corrected chi connectivity index (χ3v) is 4.64. The van der Waals surface area contributed by atoms with Crippen LogP contribution in [0.15, 0.2) is 23.1 Å². The van der Waals surface area contributed by atoms with E-state index in [1.807, 2.05) is 0 Å². The van der Waals surface area contributed by atoms with Crippen LogP contribution in [0.5, 0.6) is 0 Å². The van der Waals surface area contributed by atoms with E-state index >= 15 is 0 Å². The first kappa shape index (κ1) is 14.4. The number of nitrogens with two attached hydrogens (primary N) is 1. The summed E-state index contributed by atoms with van der Waals surface area (Å²) in [6.45, 7) is -0.698. The summed E-state index contributed by atoms with van der Waals surface area (Å²) in [6, 6.07) is 2.97. The molecule has 1 heterocycles. The Morgan fingerprint density at radius 2 is 2.10 bits per heavy atom. The van der Waals surface area contributed by atoms with Gasteiger partial charge in [0, 0.05) is 18.7 Å². The van der Waals surface area contributed by atoms with Gasteiger partial charge in [0.15, 0.2) is 0 Å². The second-order valence-corrected chi connectivity index (χ2v) is 6.00. The quantitative estimate of drug-likeness (QED) is 0.539. The van der Waals surface area contributed by atoms with Crippen molar-refractivity contribution in [3.63, 3.8) is 0 Å². The third kappa shape index (κ3) is 2.13. The van der Waals surface area contributed by atoms with Gasteiger partial charge in [-0.1, -0.05) is 0 Å². The van der Waals surface area contributed by atoms with E-state index < -0.39 is 44.1 Å². The average molecular weight is 301 g/mol. The zero-order chi connectivity index (χ0) is 15.1. The van der Waals surface area contributed by atoms with E-state index in [4.69, 9.17) is 5.73 Å². The highest BCUT2D eigenvalue weighted by atomic mass is 32.2. The Hall–Kier alpha value is -2.04. The van der Waals surface area contributed by atoms with E-state index in [2.05, 4.69) is 0 Å². The SMILES string of the molecule is NCC(O)CN1C(=O)c2ccc([N+](=O)[O-])cc2S1(=O)=O. The molecule has 0 aliphatic carbocycles. The van der Waals surface area contributed by atoms with Crippen LogP contribution in [0.3, 0.4) is 0 Å². The fourth-order valence-corrected chi connectivity index (χ4v) is 3.45. The Labute approximate surface area is 113 Å². The molecule has 1 amide bonds. The van der Waals surface area contributed by atoms with Crippen molar-refractivity contribution in [3.05, 3.63) is 33.9 Å². The number of aliphatic hydroxyl groups is 1. The van der Waals surface area contributed by atoms with Crippen molar-refractivity contribution in [2.24, 2.45) is 5.73 Å². The number of hydrogen-bond donors (Lipinski definition) is 2. The topological polar surface area (TPSA) is 144 Å². The summed E-state index contributed by atoms with van der Waals surface area (Å²) in [7, 11) is -4.19. The molecule has 0 fully saturated rings. The largest absolute Gasteiger partial charge is 0.390 e. The second-order valence-electron chi connectivity index (χ2n) is 4.17. The monoisotopic (exact) mass is 301 g/mol. The molecule has 3 N–H and O–H groups in total. The summed E-state index contributed by atoms with van der Waals surface area (Å²) < 4.78 is 24.8. The van der Waals surface area contributed by atoms with Gasteiger partial charge in [-0.2, -0.15) is 0 Å². The molecule has 0 saturated heterocycles. The van der Waals surface area contributed by atoms with Crippen molar-refractivity contribution in [1.82, 2.24) is 4.31 Å². The van der Waals surface area contributed by atoms with Gasteiger partial charge in [-0.15, -0.1) is 0 Å². The number of nitro benzene ring substituents is 1. The van der Waals surface area contributed by atoms with Gasteiger partial charge in [-0.3, -0.25) is 14.9 Å². The molecule has 0 spiro atoms. The lowest BCUT2D eigenvalue weighted by atomic mass is 10.2. The minimum absolute atomic E-state index is 0.153. The summed E-state index contributed by atoms with van der Waals surface area (Å²) >= 11 is 0. The van der Waals surface area contributed by atoms with Crippen molar-refractivity contribution in [2.45, 2.75) is 11.0 Å². The van der Waals surface area contributed by atoms with Crippen LogP contribution in [0.4, 0.5) is 5.69 Å². The van der Waals surface area contributed by atoms with E-state index in [-0.39, 0.29) is 12.1 Å². The number of nitro groups is 1. The van der Waals surface area contributed by atoms with E-state index in [0.717, 1.165) is 18.2 Å². The molecule has 1 aliphatic rings. The Kier molecular flexibility index (Phi) is 3.46. The van der Waals surface area contributed by atoms with Crippen molar-refractivity contribution < 1.29 is 23.2 Å². The maximum Gasteiger partial charge on any atom is 0.270 e. The average Bonchev–Trinajstić information content (AvgIpc) is 2.59. The van der Waals surface area contributed by atoms with Gasteiger partial charge in [0.25, 0.3) is 21.6 Å². The van der Waals surface area contributed by atoms with Crippen molar-refractivity contribution in [1.29, 1.82) is 0 Å². The number of β-amino-alcohol motifs (C(OH)–C–C–N with tert-alkyl or cyclic N) is 1. The van der Waals surface area contributed by atoms with Crippen LogP contribution in [-0.4, -0.2) is 47.9 Å². The standard InChI is InChI=1S/C10H11N3O6S/c11-4-7(14)5-12-10(15)8-2-1-6(13(16)17)3-9(8)20(12,18)19/h1-3,7,14H,4-5,11H2. The molecule has 1 aromatic rings. The molecule has 20 heavy (non-hydrogen) atoms. The molecule has 0 radical (unpaired) electrons. The summed E-state index contributed by atoms with van der Waals surface area (Å²) in [6.07, 6.45) is -1.20. The van der Waals surface area contributed by atoms with E-state index in [1.165, 1.54) is 0 Å². The molecule has 0 bridgehead atoms. The van der Waals surface area contributed by atoms with Crippen molar-refractivity contribution >= 4 is 21.6 Å². The predicted molar refractivity (Wildman–Crippen MR) is 66.4 cm³/mol. The maximum absolute atomic E-state index is 12.2. The zero-order valence-corrected chi connectivity index (χ0v) is 10.9. The molecule has 10 heteroatoms. The molecular formula is C10H11N3O6S. The minimum Gasteiger partial charge on any atom is -0.390 e. The first-order valence-electron chi connectivity index (χ1n) is 5.52. The number of nitrogens with zero attached hydrogens (tertiary/aromatic N) is 2. The van der Waals surface area contributed by atoms with Gasteiger partial charge >= 0.3 is 0 Å². The highest BCUT2D eigenvalue weighted by Crippen LogP contribution is 2.32. The molecule has 1 aromatic carbocycles. The van der Waals surface area contributed by atoms with Crippen LogP contribution < -0.4 is 5.73 Å². The third-order valence-electron chi connectivity index (χ3n) is 2.85. The summed E-state index contributed by atoms with van der Waals surface area (Å²) in [4.78, 5) is 21.4. The summed E-state index contributed by atoms with van der Waals surface area (Å²) in [5.74, 6) is -0.831. The molecule has 1 aliphatic heterocycles. The summed E-state index contributed by atoms with van der Waals surface area (Å²) in [5, 5.41) is 20.1. The van der Waals surface area contributed by atoms with Crippen LogP contribution in [0.1, 0.15) is 10.4 Å². The number of carbonyl (C=O) groups is 1. The fraction of sp³-hybridized carbons (Fsp3) is 0.300. The van der Waals surface area contributed by atoms with Crippen LogP contribution in [0, 0.1) is 10.1 Å². The molecule has 9 nitrogen and oxygen atoms in total. The van der Waals surface area contributed by atoms with Gasteiger partial charge in [0.05, 0.1) is 23.1 Å². The normalized spacial score (nSPS) is 17.9. The van der Waals surface area contributed by atoms with Gasteiger partial charge in [-0.05, 0) is 6.07 Å². The number of fused-ring (bicyclic) bond motifs is 1. The molecule has 108 valence electrons. The number of sulfonamides is 1. The highest BCUT2D eigenvalue weighted by molar-refractivity contribution is 7.90. The number of carbonyl (C=O) groups excluding carboxylic acids is 1. The Balaban J connectivity index is 2.51. The molecule has 0 saturated carbocycles. The van der Waals surface area contributed by atoms with Gasteiger partial charge in [0.1, 0.15) is 4.90 Å². The second kappa shape index (κ2) is 4.81. The molecular weight excluding hydrogens is 290 g/mol. The van der Waals surface area contributed by atoms with Crippen LogP contribution in [-0.2, 0) is 10.0 Å². The van der Waals surface area contributed by atoms with E-state index in [0.29, 0.717) is 4.31 Å². The highest BCUT2D eigenvalue weighted by Gasteiger charge is 2.42. The fourth-order valence-electron chi connectivity index (χ4n) is 1.82. The minimum atomic E-state index is -4.19. The number of benzene rings is 1. The van der Waals surface area contributed by atoms with Crippen molar-refractivity contribution in [3.8, 4) is 0 Å². The first-order valence-corrected chi connectivity index (χ1v) is 6.96. The predicted octanol–water partition coefficient (Wildman–Crippen LogP) is -0.941. The number of amides is 1. The van der Waals surface area contributed by atoms with Crippen LogP contribution >= 0.6 is 0 Å². The number of aliphatic hydroxyl groups excluding tert-OH is 1. The van der Waals surface area contributed by atoms with E-state index in [9.17, 15) is 28.4 Å². The maximum atomic E-state index is 12.2. The van der Waals surface area contributed by atoms with Crippen LogP contribution in [0.25, 0.3) is 0 Å². The smallest absolute Gasteiger partial charge is 0.270 e. The van der Waals surface area contributed by atoms with Crippen molar-refractivity contribution in [2.75, 3.05) is 13.1 Å². The number of rotatable bonds is 4. The summed E-state index contributed by atoms with van der Waals surface area (Å²) in [5.41, 5.74) is 4.60. The molecule has 2 rings (SSSR count). The lowest BCUT2D eigenvalue weighted by molar-refractivity contribution is -0.385. The Morgan fingerprint density at radius 1 is 1.45 bits per heavy atom. The number of non-ortho nitro benzene ring substituents is 1. The Bertz CT molecular complexity index is 686.